The molecule has 0 aliphatic carbocycles. The van der Waals surface area contributed by atoms with E-state index in [1.807, 2.05) is 55.5 Å². The molecule has 6 heteroatoms. The molecule has 2 N–H and O–H groups in total. The Bertz CT molecular complexity index is 905. The van der Waals surface area contributed by atoms with E-state index in [-0.39, 0.29) is 12.3 Å². The molecule has 0 unspecified atom stereocenters. The maximum atomic E-state index is 12.4. The monoisotopic (exact) mass is 399 g/mol. The predicted octanol–water partition coefficient (Wildman–Crippen LogP) is 4.34. The summed E-state index contributed by atoms with van der Waals surface area (Å²) < 4.78 is 6.21. The minimum Gasteiger partial charge on any atom is -0.496 e. The third kappa shape index (κ3) is 3.91. The quantitative estimate of drug-likeness (QED) is 0.670. The number of amides is 1. The van der Waals surface area contributed by atoms with Crippen molar-refractivity contribution in [3.63, 3.8) is 0 Å². The number of aryl methyl sites for hydroxylation is 1. The third-order valence-corrected chi connectivity index (χ3v) is 4.81. The molecule has 0 atom stereocenters. The van der Waals surface area contributed by atoms with Crippen LogP contribution in [0.15, 0.2) is 53.0 Å². The number of aromatic nitrogens is 2. The zero-order valence-electron chi connectivity index (χ0n) is 14.0. The number of hydrogen-bond acceptors (Lipinski definition) is 3. The summed E-state index contributed by atoms with van der Waals surface area (Å²) in [4.78, 5) is 12.4. The second kappa shape index (κ2) is 7.53. The van der Waals surface area contributed by atoms with Crippen molar-refractivity contribution in [2.45, 2.75) is 13.3 Å². The number of rotatable bonds is 5. The summed E-state index contributed by atoms with van der Waals surface area (Å²) >= 11 is 3.53. The predicted molar refractivity (Wildman–Crippen MR) is 102 cm³/mol. The van der Waals surface area contributed by atoms with E-state index in [1.54, 1.807) is 7.11 Å². The van der Waals surface area contributed by atoms with Crippen molar-refractivity contribution >= 4 is 27.5 Å². The van der Waals surface area contributed by atoms with Gasteiger partial charge in [0.2, 0.25) is 5.91 Å². The van der Waals surface area contributed by atoms with Gasteiger partial charge in [0.25, 0.3) is 0 Å². The van der Waals surface area contributed by atoms with Crippen molar-refractivity contribution in [2.24, 2.45) is 0 Å². The largest absolute Gasteiger partial charge is 0.496 e. The average molecular weight is 400 g/mol. The molecule has 0 saturated heterocycles. The van der Waals surface area contributed by atoms with Gasteiger partial charge in [-0.2, -0.15) is 5.10 Å². The topological polar surface area (TPSA) is 67.0 Å². The summed E-state index contributed by atoms with van der Waals surface area (Å²) in [5, 5.41) is 10.2. The van der Waals surface area contributed by atoms with Crippen LogP contribution in [0.4, 0.5) is 5.69 Å². The van der Waals surface area contributed by atoms with Crippen LogP contribution in [0, 0.1) is 6.92 Å². The van der Waals surface area contributed by atoms with Gasteiger partial charge in [-0.25, -0.2) is 0 Å². The van der Waals surface area contributed by atoms with E-state index < -0.39 is 0 Å². The molecule has 0 aliphatic rings. The molecular weight excluding hydrogens is 382 g/mol. The highest BCUT2D eigenvalue weighted by molar-refractivity contribution is 9.10. The lowest BCUT2D eigenvalue weighted by molar-refractivity contribution is -0.115. The van der Waals surface area contributed by atoms with Crippen molar-refractivity contribution in [1.29, 1.82) is 0 Å². The normalized spacial score (nSPS) is 10.5. The van der Waals surface area contributed by atoms with Gasteiger partial charge >= 0.3 is 0 Å². The third-order valence-electron chi connectivity index (χ3n) is 3.84. The van der Waals surface area contributed by atoms with E-state index in [1.165, 1.54) is 0 Å². The number of carbonyl (C=O) groups is 1. The number of ether oxygens (including phenoxy) is 1. The van der Waals surface area contributed by atoms with E-state index >= 15 is 0 Å². The number of carbonyl (C=O) groups excluding carboxylic acids is 1. The molecule has 0 aliphatic heterocycles. The van der Waals surface area contributed by atoms with Crippen LogP contribution in [0.25, 0.3) is 11.3 Å². The number of hydrogen-bond donors (Lipinski definition) is 2. The number of anilines is 1. The molecule has 0 spiro atoms. The molecule has 1 amide bonds. The smallest absolute Gasteiger partial charge is 0.228 e. The molecule has 1 heterocycles. The van der Waals surface area contributed by atoms with Crippen LogP contribution in [0.5, 0.6) is 5.75 Å². The Morgan fingerprint density at radius 2 is 2.04 bits per heavy atom. The first-order chi connectivity index (χ1) is 12.1. The van der Waals surface area contributed by atoms with Gasteiger partial charge in [-0.3, -0.25) is 9.89 Å². The number of para-hydroxylation sites is 1. The average Bonchev–Trinajstić information content (AvgIpc) is 2.95. The van der Waals surface area contributed by atoms with Gasteiger partial charge in [0.1, 0.15) is 11.4 Å². The first kappa shape index (κ1) is 17.2. The van der Waals surface area contributed by atoms with Crippen LogP contribution >= 0.6 is 15.9 Å². The summed E-state index contributed by atoms with van der Waals surface area (Å²) in [6, 6.07) is 15.1. The van der Waals surface area contributed by atoms with E-state index in [9.17, 15) is 4.79 Å². The van der Waals surface area contributed by atoms with Crippen molar-refractivity contribution in [3.05, 3.63) is 64.3 Å². The van der Waals surface area contributed by atoms with E-state index in [2.05, 4.69) is 31.4 Å². The second-order valence-electron chi connectivity index (χ2n) is 5.63. The van der Waals surface area contributed by atoms with Crippen molar-refractivity contribution in [3.8, 4) is 17.0 Å². The summed E-state index contributed by atoms with van der Waals surface area (Å²) in [6.45, 7) is 1.94. The zero-order chi connectivity index (χ0) is 17.8. The highest BCUT2D eigenvalue weighted by Gasteiger charge is 2.12. The van der Waals surface area contributed by atoms with Gasteiger partial charge in [0, 0.05) is 22.5 Å². The fourth-order valence-electron chi connectivity index (χ4n) is 2.58. The van der Waals surface area contributed by atoms with Crippen molar-refractivity contribution in [1.82, 2.24) is 10.2 Å². The highest BCUT2D eigenvalue weighted by atomic mass is 79.9. The molecule has 25 heavy (non-hydrogen) atoms. The zero-order valence-corrected chi connectivity index (χ0v) is 15.6. The highest BCUT2D eigenvalue weighted by Crippen LogP contribution is 2.30. The Labute approximate surface area is 154 Å². The second-order valence-corrected chi connectivity index (χ2v) is 6.42. The summed E-state index contributed by atoms with van der Waals surface area (Å²) in [5.41, 5.74) is 4.28. The minimum atomic E-state index is -0.0982. The number of benzene rings is 2. The van der Waals surface area contributed by atoms with E-state index in [0.717, 1.165) is 32.7 Å². The standard InChI is InChI=1S/C19H18BrN3O2/c1-12-18(20)19(23-22-12)14-7-5-8-15(10-14)21-17(24)11-13-6-3-4-9-16(13)25-2/h3-10H,11H2,1-2H3,(H,21,24)(H,22,23). The SMILES string of the molecule is COc1ccccc1CC(=O)Nc1cccc(-c2n[nH]c(C)c2Br)c1. The Morgan fingerprint density at radius 3 is 2.76 bits per heavy atom. The lowest BCUT2D eigenvalue weighted by atomic mass is 10.1. The van der Waals surface area contributed by atoms with E-state index in [4.69, 9.17) is 4.74 Å². The summed E-state index contributed by atoms with van der Waals surface area (Å²) in [7, 11) is 1.60. The summed E-state index contributed by atoms with van der Waals surface area (Å²) in [5.74, 6) is 0.612. The molecular formula is C19H18BrN3O2. The minimum absolute atomic E-state index is 0.0982. The Kier molecular flexibility index (Phi) is 5.19. The molecule has 0 bridgehead atoms. The van der Waals surface area contributed by atoms with Crippen LogP contribution < -0.4 is 10.1 Å². The lowest BCUT2D eigenvalue weighted by Crippen LogP contribution is -2.14. The van der Waals surface area contributed by atoms with Crippen LogP contribution in [0.2, 0.25) is 0 Å². The Morgan fingerprint density at radius 1 is 1.24 bits per heavy atom. The number of halogens is 1. The first-order valence-corrected chi connectivity index (χ1v) is 8.60. The molecule has 128 valence electrons. The fraction of sp³-hybridized carbons (Fsp3) is 0.158. The Hall–Kier alpha value is -2.60. The van der Waals surface area contributed by atoms with Gasteiger partial charge in [-0.05, 0) is 41.1 Å². The van der Waals surface area contributed by atoms with Gasteiger partial charge < -0.3 is 10.1 Å². The number of methoxy groups -OCH3 is 1. The van der Waals surface area contributed by atoms with Crippen LogP contribution in [0.3, 0.4) is 0 Å². The lowest BCUT2D eigenvalue weighted by Gasteiger charge is -2.09. The first-order valence-electron chi connectivity index (χ1n) is 7.81. The molecule has 2 aromatic carbocycles. The molecule has 0 fully saturated rings. The number of aromatic amines is 1. The molecule has 3 aromatic rings. The van der Waals surface area contributed by atoms with Gasteiger partial charge in [-0.15, -0.1) is 0 Å². The molecule has 0 saturated carbocycles. The van der Waals surface area contributed by atoms with Crippen LogP contribution in [-0.2, 0) is 11.2 Å². The van der Waals surface area contributed by atoms with Crippen molar-refractivity contribution < 1.29 is 9.53 Å². The van der Waals surface area contributed by atoms with Gasteiger partial charge in [0.15, 0.2) is 0 Å². The number of nitrogens with zero attached hydrogens (tertiary/aromatic N) is 1. The number of H-pyrrole nitrogens is 1. The van der Waals surface area contributed by atoms with Crippen LogP contribution in [-0.4, -0.2) is 23.2 Å². The van der Waals surface area contributed by atoms with Crippen molar-refractivity contribution in [2.75, 3.05) is 12.4 Å². The molecule has 5 nitrogen and oxygen atoms in total. The maximum absolute atomic E-state index is 12.4. The number of nitrogens with one attached hydrogen (secondary N) is 2. The Balaban J connectivity index is 1.76. The molecule has 0 radical (unpaired) electrons. The molecule has 3 rings (SSSR count). The van der Waals surface area contributed by atoms with Crippen LogP contribution in [0.1, 0.15) is 11.3 Å². The van der Waals surface area contributed by atoms with E-state index in [0.29, 0.717) is 5.75 Å². The summed E-state index contributed by atoms with van der Waals surface area (Å²) in [6.07, 6.45) is 0.249. The van der Waals surface area contributed by atoms with Gasteiger partial charge in [-0.1, -0.05) is 30.3 Å². The van der Waals surface area contributed by atoms with Gasteiger partial charge in [0.05, 0.1) is 18.0 Å². The maximum Gasteiger partial charge on any atom is 0.228 e. The fourth-order valence-corrected chi connectivity index (χ4v) is 2.98. The molecule has 1 aromatic heterocycles.